The van der Waals surface area contributed by atoms with E-state index in [9.17, 15) is 4.79 Å². The van der Waals surface area contributed by atoms with Gasteiger partial charge >= 0.3 is 0 Å². The Hall–Kier alpha value is -2.16. The molecule has 1 amide bonds. The van der Waals surface area contributed by atoms with Crippen LogP contribution in [0.1, 0.15) is 29.2 Å². The monoisotopic (exact) mass is 277 g/mol. The highest BCUT2D eigenvalue weighted by atomic mass is 32.2. The average Bonchev–Trinajstić information content (AvgIpc) is 3.12. The smallest absolute Gasteiger partial charge is 0.250 e. The molecule has 0 atom stereocenters. The minimum absolute atomic E-state index is 0.253. The van der Waals surface area contributed by atoms with Crippen LogP contribution in [0, 0.1) is 0 Å². The maximum Gasteiger partial charge on any atom is 0.250 e. The predicted molar refractivity (Wildman–Crippen MR) is 67.4 cm³/mol. The zero-order valence-electron chi connectivity index (χ0n) is 9.85. The van der Waals surface area contributed by atoms with Crippen LogP contribution in [0.25, 0.3) is 0 Å². The van der Waals surface area contributed by atoms with Gasteiger partial charge in [0.15, 0.2) is 0 Å². The number of primary amides is 1. The van der Waals surface area contributed by atoms with E-state index in [1.807, 2.05) is 0 Å². The predicted octanol–water partition coefficient (Wildman–Crippen LogP) is 0.235. The van der Waals surface area contributed by atoms with Crippen molar-refractivity contribution in [2.24, 2.45) is 5.73 Å². The number of hydrogen-bond acceptors (Lipinski definition) is 7. The molecule has 0 aromatic carbocycles. The molecular formula is C10H11N7OS. The summed E-state index contributed by atoms with van der Waals surface area (Å²) in [5.41, 5.74) is 11.4. The van der Waals surface area contributed by atoms with Gasteiger partial charge in [0.2, 0.25) is 5.16 Å². The number of carbonyl (C=O) groups is 1. The van der Waals surface area contributed by atoms with Crippen LogP contribution >= 0.6 is 11.8 Å². The van der Waals surface area contributed by atoms with Gasteiger partial charge in [-0.15, -0.1) is 5.10 Å². The molecule has 1 saturated carbocycles. The van der Waals surface area contributed by atoms with Gasteiger partial charge in [-0.2, -0.15) is 0 Å². The van der Waals surface area contributed by atoms with E-state index >= 15 is 0 Å². The Bertz CT molecular complexity index is 637. The second-order valence-corrected chi connectivity index (χ2v) is 5.20. The number of pyridine rings is 1. The van der Waals surface area contributed by atoms with Crippen LogP contribution in [0.4, 0.5) is 5.69 Å². The number of tetrazole rings is 1. The maximum absolute atomic E-state index is 11.2. The van der Waals surface area contributed by atoms with Gasteiger partial charge in [-0.05, 0) is 41.1 Å². The Morgan fingerprint density at radius 2 is 2.26 bits per heavy atom. The lowest BCUT2D eigenvalue weighted by Crippen LogP contribution is -2.14. The first kappa shape index (κ1) is 11.9. The van der Waals surface area contributed by atoms with E-state index in [4.69, 9.17) is 11.5 Å². The van der Waals surface area contributed by atoms with Gasteiger partial charge < -0.3 is 11.5 Å². The molecule has 0 unspecified atom stereocenters. The first-order valence-corrected chi connectivity index (χ1v) is 6.48. The number of carbonyl (C=O) groups excluding carboxylic acids is 1. The summed E-state index contributed by atoms with van der Waals surface area (Å²) in [6, 6.07) is 1.93. The van der Waals surface area contributed by atoms with Gasteiger partial charge in [0.25, 0.3) is 5.91 Å². The molecule has 19 heavy (non-hydrogen) atoms. The first-order valence-electron chi connectivity index (χ1n) is 5.66. The van der Waals surface area contributed by atoms with E-state index in [1.54, 1.807) is 10.7 Å². The van der Waals surface area contributed by atoms with Crippen molar-refractivity contribution in [2.75, 3.05) is 5.73 Å². The summed E-state index contributed by atoms with van der Waals surface area (Å²) in [5.74, 6) is -0.580. The Labute approximate surface area is 112 Å². The average molecular weight is 277 g/mol. The number of anilines is 1. The number of nitrogens with two attached hydrogens (primary N) is 2. The lowest BCUT2D eigenvalue weighted by molar-refractivity contribution is 0.100. The summed E-state index contributed by atoms with van der Waals surface area (Å²) in [4.78, 5) is 15.4. The summed E-state index contributed by atoms with van der Waals surface area (Å²) in [6.07, 6.45) is 3.58. The lowest BCUT2D eigenvalue weighted by atomic mass is 10.2. The van der Waals surface area contributed by atoms with Crippen molar-refractivity contribution in [3.63, 3.8) is 0 Å². The van der Waals surface area contributed by atoms with Crippen LogP contribution in [-0.2, 0) is 0 Å². The molecule has 1 fully saturated rings. The molecule has 1 aliphatic rings. The van der Waals surface area contributed by atoms with Crippen molar-refractivity contribution in [1.82, 2.24) is 25.2 Å². The van der Waals surface area contributed by atoms with Gasteiger partial charge in [-0.25, -0.2) is 9.67 Å². The molecule has 98 valence electrons. The van der Waals surface area contributed by atoms with Crippen LogP contribution in [0.2, 0.25) is 0 Å². The molecule has 0 radical (unpaired) electrons. The van der Waals surface area contributed by atoms with E-state index in [1.165, 1.54) is 18.0 Å². The summed E-state index contributed by atoms with van der Waals surface area (Å²) < 4.78 is 1.77. The van der Waals surface area contributed by atoms with Crippen molar-refractivity contribution in [3.8, 4) is 0 Å². The van der Waals surface area contributed by atoms with E-state index < -0.39 is 5.91 Å². The van der Waals surface area contributed by atoms with Crippen molar-refractivity contribution < 1.29 is 4.79 Å². The quantitative estimate of drug-likeness (QED) is 0.819. The standard InChI is InChI=1S/C10H11N7OS/c11-7-4-13-8(3-6(7)9(12)18)19-10-14-15-16-17(10)5-1-2-5/h3-5H,1-2,11H2,(H2,12,18). The molecule has 0 bridgehead atoms. The Balaban J connectivity index is 1.88. The van der Waals surface area contributed by atoms with E-state index in [-0.39, 0.29) is 11.3 Å². The molecule has 9 heteroatoms. The maximum atomic E-state index is 11.2. The molecule has 2 aromatic rings. The number of rotatable bonds is 4. The fourth-order valence-electron chi connectivity index (χ4n) is 1.61. The van der Waals surface area contributed by atoms with Gasteiger partial charge in [0.05, 0.1) is 23.5 Å². The molecule has 0 saturated heterocycles. The SMILES string of the molecule is NC(=O)c1cc(Sc2nnnn2C2CC2)ncc1N. The second kappa shape index (κ2) is 4.50. The zero-order valence-corrected chi connectivity index (χ0v) is 10.7. The Morgan fingerprint density at radius 3 is 2.95 bits per heavy atom. The third-order valence-electron chi connectivity index (χ3n) is 2.73. The molecular weight excluding hydrogens is 266 g/mol. The van der Waals surface area contributed by atoms with Crippen molar-refractivity contribution in [3.05, 3.63) is 17.8 Å². The summed E-state index contributed by atoms with van der Waals surface area (Å²) in [7, 11) is 0. The van der Waals surface area contributed by atoms with Gasteiger partial charge in [-0.1, -0.05) is 0 Å². The van der Waals surface area contributed by atoms with Crippen LogP contribution in [-0.4, -0.2) is 31.1 Å². The molecule has 4 N–H and O–H groups in total. The van der Waals surface area contributed by atoms with Crippen LogP contribution in [0.3, 0.4) is 0 Å². The van der Waals surface area contributed by atoms with Gasteiger partial charge in [-0.3, -0.25) is 4.79 Å². The number of aromatic nitrogens is 5. The summed E-state index contributed by atoms with van der Waals surface area (Å²) >= 11 is 1.28. The van der Waals surface area contributed by atoms with E-state index in [0.717, 1.165) is 12.8 Å². The lowest BCUT2D eigenvalue weighted by Gasteiger charge is -2.04. The number of amides is 1. The third-order valence-corrected chi connectivity index (χ3v) is 3.61. The highest BCUT2D eigenvalue weighted by Crippen LogP contribution is 2.37. The molecule has 3 rings (SSSR count). The highest BCUT2D eigenvalue weighted by Gasteiger charge is 2.28. The molecule has 0 spiro atoms. The van der Waals surface area contributed by atoms with Crippen LogP contribution in [0.5, 0.6) is 0 Å². The minimum atomic E-state index is -0.580. The largest absolute Gasteiger partial charge is 0.397 e. The Morgan fingerprint density at radius 1 is 1.47 bits per heavy atom. The second-order valence-electron chi connectivity index (χ2n) is 4.21. The molecule has 8 nitrogen and oxygen atoms in total. The van der Waals surface area contributed by atoms with Crippen molar-refractivity contribution >= 4 is 23.4 Å². The topological polar surface area (TPSA) is 126 Å². The summed E-state index contributed by atoms with van der Waals surface area (Å²) in [5, 5.41) is 12.8. The normalized spacial score (nSPS) is 14.5. The fraction of sp³-hybridized carbons (Fsp3) is 0.300. The van der Waals surface area contributed by atoms with Crippen molar-refractivity contribution in [2.45, 2.75) is 29.1 Å². The number of nitrogen functional groups attached to an aromatic ring is 1. The third kappa shape index (κ3) is 2.36. The van der Waals surface area contributed by atoms with Gasteiger partial charge in [0.1, 0.15) is 5.03 Å². The first-order chi connectivity index (χ1) is 9.15. The van der Waals surface area contributed by atoms with Crippen LogP contribution in [0.15, 0.2) is 22.4 Å². The molecule has 2 aromatic heterocycles. The molecule has 1 aliphatic carbocycles. The summed E-state index contributed by atoms with van der Waals surface area (Å²) in [6.45, 7) is 0. The number of hydrogen-bond donors (Lipinski definition) is 2. The van der Waals surface area contributed by atoms with Crippen LogP contribution < -0.4 is 11.5 Å². The fourth-order valence-corrected chi connectivity index (χ4v) is 2.44. The van der Waals surface area contributed by atoms with Crippen molar-refractivity contribution in [1.29, 1.82) is 0 Å². The van der Waals surface area contributed by atoms with Gasteiger partial charge in [0, 0.05) is 0 Å². The molecule has 0 aliphatic heterocycles. The van der Waals surface area contributed by atoms with E-state index in [0.29, 0.717) is 16.2 Å². The minimum Gasteiger partial charge on any atom is -0.397 e. The molecule has 2 heterocycles. The Kier molecular flexibility index (Phi) is 2.82. The zero-order chi connectivity index (χ0) is 13.4. The van der Waals surface area contributed by atoms with E-state index in [2.05, 4.69) is 20.5 Å². The highest BCUT2D eigenvalue weighted by molar-refractivity contribution is 7.99. The number of nitrogens with zero attached hydrogens (tertiary/aromatic N) is 5.